The van der Waals surface area contributed by atoms with Crippen molar-refractivity contribution >= 4 is 11.3 Å². The molecule has 0 saturated carbocycles. The molecular weight excluding hydrogens is 298 g/mol. The highest BCUT2D eigenvalue weighted by Gasteiger charge is 2.23. The molecule has 3 aromatic rings. The van der Waals surface area contributed by atoms with Crippen LogP contribution in [0.25, 0.3) is 5.57 Å². The van der Waals surface area contributed by atoms with E-state index >= 15 is 0 Å². The standard InChI is InChI=1S/C21H17NO2/c23-16-11-9-15(10-12-16)19-13-18(14-5-2-1-3-6-14)17-7-4-8-20(24)21(17)22-19/h1-13,19,22-24H. The van der Waals surface area contributed by atoms with E-state index in [0.717, 1.165) is 28.0 Å². The molecule has 1 aliphatic heterocycles. The Kier molecular flexibility index (Phi) is 3.47. The maximum absolute atomic E-state index is 10.3. The Bertz CT molecular complexity index is 899. The number of para-hydroxylation sites is 1. The van der Waals surface area contributed by atoms with E-state index in [4.69, 9.17) is 0 Å². The molecular formula is C21H17NO2. The van der Waals surface area contributed by atoms with Gasteiger partial charge < -0.3 is 15.5 Å². The zero-order valence-corrected chi connectivity index (χ0v) is 13.0. The van der Waals surface area contributed by atoms with Crippen LogP contribution in [0.5, 0.6) is 11.5 Å². The second-order valence-corrected chi connectivity index (χ2v) is 5.86. The number of phenols is 2. The minimum absolute atomic E-state index is 0.0818. The van der Waals surface area contributed by atoms with E-state index in [0.29, 0.717) is 0 Å². The third-order valence-electron chi connectivity index (χ3n) is 4.30. The second-order valence-electron chi connectivity index (χ2n) is 5.86. The molecule has 3 heteroatoms. The molecule has 0 aliphatic carbocycles. The van der Waals surface area contributed by atoms with Crippen LogP contribution >= 0.6 is 0 Å². The van der Waals surface area contributed by atoms with Crippen molar-refractivity contribution in [1.29, 1.82) is 0 Å². The molecule has 3 aromatic carbocycles. The Hall–Kier alpha value is -3.20. The summed E-state index contributed by atoms with van der Waals surface area (Å²) >= 11 is 0. The topological polar surface area (TPSA) is 52.5 Å². The van der Waals surface area contributed by atoms with Gasteiger partial charge in [0.2, 0.25) is 0 Å². The lowest BCUT2D eigenvalue weighted by Gasteiger charge is -2.27. The van der Waals surface area contributed by atoms with E-state index in [2.05, 4.69) is 23.5 Å². The van der Waals surface area contributed by atoms with Gasteiger partial charge >= 0.3 is 0 Å². The molecule has 0 radical (unpaired) electrons. The van der Waals surface area contributed by atoms with Crippen LogP contribution in [0.1, 0.15) is 22.7 Å². The first-order valence-electron chi connectivity index (χ1n) is 7.87. The third kappa shape index (κ3) is 2.50. The average molecular weight is 315 g/mol. The molecule has 1 atom stereocenters. The average Bonchev–Trinajstić information content (AvgIpc) is 2.63. The number of fused-ring (bicyclic) bond motifs is 1. The first-order valence-corrected chi connectivity index (χ1v) is 7.87. The summed E-state index contributed by atoms with van der Waals surface area (Å²) in [5.41, 5.74) is 4.93. The summed E-state index contributed by atoms with van der Waals surface area (Å²) in [6.07, 6.45) is 2.16. The molecule has 3 nitrogen and oxygen atoms in total. The lowest BCUT2D eigenvalue weighted by atomic mass is 9.89. The number of phenolic OH excluding ortho intramolecular Hbond substituents is 2. The van der Waals surface area contributed by atoms with Gasteiger partial charge in [-0.2, -0.15) is 0 Å². The van der Waals surface area contributed by atoms with Crippen molar-refractivity contribution in [3.63, 3.8) is 0 Å². The van der Waals surface area contributed by atoms with Gasteiger partial charge in [-0.1, -0.05) is 54.6 Å². The highest BCUT2D eigenvalue weighted by Crippen LogP contribution is 2.42. The van der Waals surface area contributed by atoms with Crippen molar-refractivity contribution in [2.45, 2.75) is 6.04 Å². The fraction of sp³-hybridized carbons (Fsp3) is 0.0476. The summed E-state index contributed by atoms with van der Waals surface area (Å²) in [5.74, 6) is 0.475. The molecule has 0 spiro atoms. The minimum atomic E-state index is -0.0818. The molecule has 118 valence electrons. The number of anilines is 1. The van der Waals surface area contributed by atoms with Gasteiger partial charge in [0, 0.05) is 5.56 Å². The number of rotatable bonds is 2. The number of benzene rings is 3. The minimum Gasteiger partial charge on any atom is -0.508 e. The maximum atomic E-state index is 10.3. The Morgan fingerprint density at radius 3 is 2.25 bits per heavy atom. The summed E-state index contributed by atoms with van der Waals surface area (Å²) < 4.78 is 0. The lowest BCUT2D eigenvalue weighted by molar-refractivity contribution is 0.474. The zero-order valence-electron chi connectivity index (χ0n) is 13.0. The molecule has 4 rings (SSSR count). The Morgan fingerprint density at radius 2 is 1.50 bits per heavy atom. The van der Waals surface area contributed by atoms with Crippen LogP contribution in [0.15, 0.2) is 78.9 Å². The van der Waals surface area contributed by atoms with E-state index in [-0.39, 0.29) is 17.5 Å². The van der Waals surface area contributed by atoms with E-state index in [9.17, 15) is 10.2 Å². The maximum Gasteiger partial charge on any atom is 0.139 e. The van der Waals surface area contributed by atoms with Gasteiger partial charge in [0.25, 0.3) is 0 Å². The van der Waals surface area contributed by atoms with Gasteiger partial charge in [-0.25, -0.2) is 0 Å². The monoisotopic (exact) mass is 315 g/mol. The third-order valence-corrected chi connectivity index (χ3v) is 4.30. The van der Waals surface area contributed by atoms with Crippen LogP contribution in [0.2, 0.25) is 0 Å². The van der Waals surface area contributed by atoms with Crippen LogP contribution in [0.4, 0.5) is 5.69 Å². The van der Waals surface area contributed by atoms with Crippen molar-refractivity contribution < 1.29 is 10.2 Å². The molecule has 0 amide bonds. The highest BCUT2D eigenvalue weighted by molar-refractivity contribution is 5.91. The Labute approximate surface area is 140 Å². The molecule has 0 fully saturated rings. The largest absolute Gasteiger partial charge is 0.508 e. The molecule has 0 saturated heterocycles. The number of aromatic hydroxyl groups is 2. The van der Waals surface area contributed by atoms with Gasteiger partial charge in [0.1, 0.15) is 11.5 Å². The number of hydrogen-bond acceptors (Lipinski definition) is 3. The van der Waals surface area contributed by atoms with Crippen molar-refractivity contribution in [3.05, 3.63) is 95.6 Å². The fourth-order valence-corrected chi connectivity index (χ4v) is 3.10. The molecule has 1 unspecified atom stereocenters. The Balaban J connectivity index is 1.87. The second kappa shape index (κ2) is 5.78. The van der Waals surface area contributed by atoms with E-state index in [1.807, 2.05) is 42.5 Å². The van der Waals surface area contributed by atoms with Gasteiger partial charge in [-0.15, -0.1) is 0 Å². The predicted octanol–water partition coefficient (Wildman–Crippen LogP) is 4.70. The molecule has 0 bridgehead atoms. The van der Waals surface area contributed by atoms with Gasteiger partial charge in [-0.05, 0) is 41.0 Å². The summed E-state index contributed by atoms with van der Waals surface area (Å²) in [7, 11) is 0. The normalized spacial score (nSPS) is 16.0. The fourth-order valence-electron chi connectivity index (χ4n) is 3.10. The summed E-state index contributed by atoms with van der Waals surface area (Å²) in [5, 5.41) is 23.2. The summed E-state index contributed by atoms with van der Waals surface area (Å²) in [6.45, 7) is 0. The van der Waals surface area contributed by atoms with E-state index in [1.165, 1.54) is 0 Å². The predicted molar refractivity (Wildman–Crippen MR) is 96.1 cm³/mol. The molecule has 1 heterocycles. The summed E-state index contributed by atoms with van der Waals surface area (Å²) in [6, 6.07) is 22.7. The van der Waals surface area contributed by atoms with Crippen molar-refractivity contribution in [2.24, 2.45) is 0 Å². The number of nitrogens with one attached hydrogen (secondary N) is 1. The molecule has 0 aromatic heterocycles. The van der Waals surface area contributed by atoms with Crippen LogP contribution in [0.3, 0.4) is 0 Å². The molecule has 1 aliphatic rings. The summed E-state index contributed by atoms with van der Waals surface area (Å²) in [4.78, 5) is 0. The van der Waals surface area contributed by atoms with Gasteiger partial charge in [0.05, 0.1) is 11.7 Å². The van der Waals surface area contributed by atoms with Gasteiger partial charge in [-0.3, -0.25) is 0 Å². The van der Waals surface area contributed by atoms with Crippen molar-refractivity contribution in [1.82, 2.24) is 0 Å². The smallest absolute Gasteiger partial charge is 0.139 e. The lowest BCUT2D eigenvalue weighted by Crippen LogP contribution is -2.15. The van der Waals surface area contributed by atoms with Crippen molar-refractivity contribution in [2.75, 3.05) is 5.32 Å². The van der Waals surface area contributed by atoms with Crippen LogP contribution in [-0.4, -0.2) is 10.2 Å². The first-order chi connectivity index (χ1) is 11.7. The number of hydrogen-bond donors (Lipinski definition) is 3. The Morgan fingerprint density at radius 1 is 0.750 bits per heavy atom. The van der Waals surface area contributed by atoms with Crippen LogP contribution in [0, 0.1) is 0 Å². The quantitative estimate of drug-likeness (QED) is 0.601. The van der Waals surface area contributed by atoms with E-state index in [1.54, 1.807) is 18.2 Å². The molecule has 24 heavy (non-hydrogen) atoms. The zero-order chi connectivity index (χ0) is 16.5. The van der Waals surface area contributed by atoms with Crippen LogP contribution < -0.4 is 5.32 Å². The SMILES string of the molecule is Oc1ccc(C2C=C(c3ccccc3)c3cccc(O)c3N2)cc1. The highest BCUT2D eigenvalue weighted by atomic mass is 16.3. The molecule has 3 N–H and O–H groups in total. The van der Waals surface area contributed by atoms with Crippen LogP contribution in [-0.2, 0) is 0 Å². The van der Waals surface area contributed by atoms with Gasteiger partial charge in [0.15, 0.2) is 0 Å². The van der Waals surface area contributed by atoms with E-state index < -0.39 is 0 Å². The first kappa shape index (κ1) is 14.4. The van der Waals surface area contributed by atoms with Crippen molar-refractivity contribution in [3.8, 4) is 11.5 Å².